The molecule has 0 amide bonds. The Kier molecular flexibility index (Phi) is 6.93. The van der Waals surface area contributed by atoms with Crippen molar-refractivity contribution in [1.82, 2.24) is 15.6 Å². The number of nitrogens with zero attached hydrogens (tertiary/aromatic N) is 2. The minimum absolute atomic E-state index is 0.483. The lowest BCUT2D eigenvalue weighted by atomic mass is 10.1. The van der Waals surface area contributed by atoms with Crippen molar-refractivity contribution < 1.29 is 4.42 Å². The van der Waals surface area contributed by atoms with Crippen LogP contribution >= 0.6 is 11.8 Å². The largest absolute Gasteiger partial charge is 0.439 e. The van der Waals surface area contributed by atoms with Crippen LogP contribution in [-0.2, 0) is 6.54 Å². The third kappa shape index (κ3) is 5.89. The molecule has 140 valence electrons. The highest BCUT2D eigenvalue weighted by molar-refractivity contribution is 7.99. The Morgan fingerprint density at radius 1 is 1.07 bits per heavy atom. The predicted octanol–water partition coefficient (Wildman–Crippen LogP) is 4.11. The summed E-state index contributed by atoms with van der Waals surface area (Å²) in [6.07, 6.45) is 1.76. The van der Waals surface area contributed by atoms with Crippen LogP contribution in [0.25, 0.3) is 11.3 Å². The van der Waals surface area contributed by atoms with Gasteiger partial charge in [0.2, 0.25) is 5.89 Å². The summed E-state index contributed by atoms with van der Waals surface area (Å²) in [5, 5.41) is 6.53. The van der Waals surface area contributed by atoms with E-state index in [4.69, 9.17) is 4.42 Å². The molecule has 5 nitrogen and oxygen atoms in total. The average Bonchev–Trinajstić information content (AvgIpc) is 3.18. The van der Waals surface area contributed by atoms with Gasteiger partial charge in [-0.3, -0.25) is 4.99 Å². The van der Waals surface area contributed by atoms with Crippen molar-refractivity contribution in [3.8, 4) is 11.3 Å². The van der Waals surface area contributed by atoms with E-state index in [2.05, 4.69) is 63.9 Å². The molecule has 2 aromatic carbocycles. The summed E-state index contributed by atoms with van der Waals surface area (Å²) in [5.41, 5.74) is 2.25. The minimum Gasteiger partial charge on any atom is -0.439 e. The molecule has 0 bridgehead atoms. The molecule has 6 heteroatoms. The van der Waals surface area contributed by atoms with Crippen molar-refractivity contribution >= 4 is 17.7 Å². The third-order valence-electron chi connectivity index (χ3n) is 3.93. The summed E-state index contributed by atoms with van der Waals surface area (Å²) in [4.78, 5) is 9.85. The average molecular weight is 381 g/mol. The molecule has 1 aromatic heterocycles. The van der Waals surface area contributed by atoms with Crippen molar-refractivity contribution in [2.75, 3.05) is 19.3 Å². The topological polar surface area (TPSA) is 62.5 Å². The van der Waals surface area contributed by atoms with Crippen LogP contribution in [0.3, 0.4) is 0 Å². The third-order valence-corrected chi connectivity index (χ3v) is 4.94. The van der Waals surface area contributed by atoms with Gasteiger partial charge in [-0.2, -0.15) is 0 Å². The van der Waals surface area contributed by atoms with E-state index in [-0.39, 0.29) is 0 Å². The van der Waals surface area contributed by atoms with Gasteiger partial charge in [-0.1, -0.05) is 48.0 Å². The van der Waals surface area contributed by atoms with Gasteiger partial charge in [-0.25, -0.2) is 4.98 Å². The summed E-state index contributed by atoms with van der Waals surface area (Å²) in [5.74, 6) is 3.10. The first-order valence-electron chi connectivity index (χ1n) is 8.89. The van der Waals surface area contributed by atoms with Crippen LogP contribution < -0.4 is 10.6 Å². The first kappa shape index (κ1) is 19.0. The van der Waals surface area contributed by atoms with E-state index in [1.807, 2.05) is 30.0 Å². The molecule has 0 spiro atoms. The summed E-state index contributed by atoms with van der Waals surface area (Å²) in [6, 6.07) is 18.6. The SMILES string of the molecule is CN=C(NCCSc1ccccc1)NCc1ncc(-c2ccc(C)cc2)o1. The molecular formula is C21H24N4OS. The lowest BCUT2D eigenvalue weighted by Crippen LogP contribution is -2.38. The number of oxazole rings is 1. The highest BCUT2D eigenvalue weighted by Gasteiger charge is 2.07. The summed E-state index contributed by atoms with van der Waals surface area (Å²) in [6.45, 7) is 3.37. The molecule has 0 fully saturated rings. The molecule has 0 aliphatic rings. The molecule has 3 rings (SSSR count). The number of benzene rings is 2. The molecule has 0 saturated heterocycles. The normalized spacial score (nSPS) is 11.4. The van der Waals surface area contributed by atoms with Gasteiger partial charge < -0.3 is 15.1 Å². The number of aliphatic imine (C=N–C) groups is 1. The fourth-order valence-corrected chi connectivity index (χ4v) is 3.27. The Morgan fingerprint density at radius 3 is 2.59 bits per heavy atom. The molecule has 0 aliphatic carbocycles. The molecule has 0 aliphatic heterocycles. The highest BCUT2D eigenvalue weighted by Crippen LogP contribution is 2.20. The standard InChI is InChI=1S/C21H24N4OS/c1-16-8-10-17(11-9-16)19-14-24-20(26-19)15-25-21(22-2)23-12-13-27-18-6-4-3-5-7-18/h3-11,14H,12-13,15H2,1-2H3,(H2,22,23,25). The molecule has 0 unspecified atom stereocenters. The first-order chi connectivity index (χ1) is 13.2. The Balaban J connectivity index is 1.43. The molecule has 2 N–H and O–H groups in total. The van der Waals surface area contributed by atoms with Gasteiger partial charge >= 0.3 is 0 Å². The Labute approximate surface area is 164 Å². The van der Waals surface area contributed by atoms with E-state index in [0.717, 1.165) is 29.6 Å². The number of aromatic nitrogens is 1. The second-order valence-corrected chi connectivity index (χ2v) is 7.17. The lowest BCUT2D eigenvalue weighted by Gasteiger charge is -2.10. The summed E-state index contributed by atoms with van der Waals surface area (Å²) >= 11 is 1.81. The summed E-state index contributed by atoms with van der Waals surface area (Å²) < 4.78 is 5.83. The number of rotatable bonds is 7. The van der Waals surface area contributed by atoms with Gasteiger partial charge in [0.25, 0.3) is 0 Å². The zero-order valence-corrected chi connectivity index (χ0v) is 16.4. The van der Waals surface area contributed by atoms with Crippen molar-refractivity contribution in [2.45, 2.75) is 18.4 Å². The molecular weight excluding hydrogens is 356 g/mol. The summed E-state index contributed by atoms with van der Waals surface area (Å²) in [7, 11) is 1.76. The second-order valence-electron chi connectivity index (χ2n) is 6.00. The van der Waals surface area contributed by atoms with Crippen LogP contribution in [0.1, 0.15) is 11.5 Å². The van der Waals surface area contributed by atoms with Crippen LogP contribution in [0.5, 0.6) is 0 Å². The number of hydrogen-bond acceptors (Lipinski definition) is 4. The van der Waals surface area contributed by atoms with Crippen LogP contribution in [-0.4, -0.2) is 30.3 Å². The van der Waals surface area contributed by atoms with E-state index in [1.165, 1.54) is 10.5 Å². The maximum absolute atomic E-state index is 5.83. The number of aryl methyl sites for hydroxylation is 1. The molecule has 27 heavy (non-hydrogen) atoms. The fourth-order valence-electron chi connectivity index (χ4n) is 2.48. The van der Waals surface area contributed by atoms with Crippen molar-refractivity contribution in [3.05, 3.63) is 72.2 Å². The van der Waals surface area contributed by atoms with Gasteiger partial charge in [0, 0.05) is 29.8 Å². The van der Waals surface area contributed by atoms with Crippen LogP contribution in [0.15, 0.2) is 75.1 Å². The van der Waals surface area contributed by atoms with E-state index >= 15 is 0 Å². The minimum atomic E-state index is 0.483. The number of nitrogens with one attached hydrogen (secondary N) is 2. The molecule has 3 aromatic rings. The van der Waals surface area contributed by atoms with E-state index in [9.17, 15) is 0 Å². The number of thioether (sulfide) groups is 1. The zero-order chi connectivity index (χ0) is 18.9. The Hall–Kier alpha value is -2.73. The van der Waals surface area contributed by atoms with Gasteiger partial charge in [0.05, 0.1) is 12.7 Å². The molecule has 0 radical (unpaired) electrons. The maximum Gasteiger partial charge on any atom is 0.214 e. The van der Waals surface area contributed by atoms with Crippen molar-refractivity contribution in [1.29, 1.82) is 0 Å². The van der Waals surface area contributed by atoms with Crippen LogP contribution in [0, 0.1) is 6.92 Å². The smallest absolute Gasteiger partial charge is 0.214 e. The zero-order valence-electron chi connectivity index (χ0n) is 15.6. The number of guanidine groups is 1. The van der Waals surface area contributed by atoms with Gasteiger partial charge in [0.1, 0.15) is 0 Å². The predicted molar refractivity (Wildman–Crippen MR) is 112 cm³/mol. The van der Waals surface area contributed by atoms with E-state index in [0.29, 0.717) is 12.4 Å². The van der Waals surface area contributed by atoms with Crippen LogP contribution in [0.2, 0.25) is 0 Å². The molecule has 0 atom stereocenters. The van der Waals surface area contributed by atoms with Crippen molar-refractivity contribution in [3.63, 3.8) is 0 Å². The van der Waals surface area contributed by atoms with E-state index in [1.54, 1.807) is 13.2 Å². The highest BCUT2D eigenvalue weighted by atomic mass is 32.2. The monoisotopic (exact) mass is 380 g/mol. The maximum atomic E-state index is 5.83. The Bertz CT molecular complexity index is 859. The van der Waals surface area contributed by atoms with Crippen LogP contribution in [0.4, 0.5) is 0 Å². The van der Waals surface area contributed by atoms with Crippen molar-refractivity contribution in [2.24, 2.45) is 4.99 Å². The second kappa shape index (κ2) is 9.83. The molecule has 0 saturated carbocycles. The Morgan fingerprint density at radius 2 is 1.85 bits per heavy atom. The first-order valence-corrected chi connectivity index (χ1v) is 9.87. The molecule has 1 heterocycles. The van der Waals surface area contributed by atoms with Gasteiger partial charge in [-0.05, 0) is 19.1 Å². The fraction of sp³-hybridized carbons (Fsp3) is 0.238. The van der Waals surface area contributed by atoms with Gasteiger partial charge in [-0.15, -0.1) is 11.8 Å². The number of hydrogen-bond donors (Lipinski definition) is 2. The quantitative estimate of drug-likeness (QED) is 0.280. The van der Waals surface area contributed by atoms with E-state index < -0.39 is 0 Å². The lowest BCUT2D eigenvalue weighted by molar-refractivity contribution is 0.498. The van der Waals surface area contributed by atoms with Gasteiger partial charge in [0.15, 0.2) is 11.7 Å².